The summed E-state index contributed by atoms with van der Waals surface area (Å²) in [6, 6.07) is 6.61. The molecule has 1 heterocycles. The number of fused-ring (bicyclic) bond motifs is 1. The molecule has 7 nitrogen and oxygen atoms in total. The van der Waals surface area contributed by atoms with Crippen molar-refractivity contribution in [2.75, 3.05) is 6.61 Å². The Kier molecular flexibility index (Phi) is 3.46. The number of ether oxygens (including phenoxy) is 1. The second kappa shape index (κ2) is 5.22. The fraction of sp³-hybridized carbons (Fsp3) is 0.250. The molecule has 7 heteroatoms. The van der Waals surface area contributed by atoms with Gasteiger partial charge in [-0.3, -0.25) is 0 Å². The molecule has 0 saturated heterocycles. The second-order valence-electron chi connectivity index (χ2n) is 5.65. The molecule has 23 heavy (non-hydrogen) atoms. The Bertz CT molecular complexity index is 758. The molecule has 122 valence electrons. The summed E-state index contributed by atoms with van der Waals surface area (Å²) >= 11 is 0. The van der Waals surface area contributed by atoms with Crippen molar-refractivity contribution in [1.29, 1.82) is 0 Å². The highest BCUT2D eigenvalue weighted by Crippen LogP contribution is 2.47. The van der Waals surface area contributed by atoms with Gasteiger partial charge in [0.25, 0.3) is 0 Å². The van der Waals surface area contributed by atoms with Crippen LogP contribution in [0.1, 0.15) is 17.2 Å². The van der Waals surface area contributed by atoms with Crippen molar-refractivity contribution in [2.45, 2.75) is 18.1 Å². The number of aliphatic hydroxyl groups excluding tert-OH is 1. The summed E-state index contributed by atoms with van der Waals surface area (Å²) in [6.45, 7) is -0.320. The molecular formula is C16H16O7. The maximum atomic E-state index is 10.7. The molecule has 0 bridgehead atoms. The van der Waals surface area contributed by atoms with E-state index in [-0.39, 0.29) is 41.6 Å². The van der Waals surface area contributed by atoms with Crippen molar-refractivity contribution in [3.05, 3.63) is 41.5 Å². The third-order valence-electron chi connectivity index (χ3n) is 3.96. The summed E-state index contributed by atoms with van der Waals surface area (Å²) < 4.78 is 5.32. The van der Waals surface area contributed by atoms with Gasteiger partial charge in [-0.25, -0.2) is 0 Å². The molecule has 1 aliphatic rings. The fourth-order valence-electron chi connectivity index (χ4n) is 2.69. The quantitative estimate of drug-likeness (QED) is 0.453. The lowest BCUT2D eigenvalue weighted by molar-refractivity contribution is -0.115. The highest BCUT2D eigenvalue weighted by molar-refractivity contribution is 5.56. The van der Waals surface area contributed by atoms with E-state index in [0.717, 1.165) is 0 Å². The lowest BCUT2D eigenvalue weighted by Crippen LogP contribution is -2.47. The maximum absolute atomic E-state index is 10.7. The van der Waals surface area contributed by atoms with Crippen LogP contribution < -0.4 is 4.74 Å². The number of hydrogen-bond acceptors (Lipinski definition) is 7. The molecule has 3 rings (SSSR count). The molecule has 0 radical (unpaired) electrons. The standard InChI is InChI=1S/C16H16O7/c17-10-3-1-8(5-12(10)19)6-16(22)7-23-14-9(15(16)21)2-4-11(18)13(14)20/h1-5,15,17-22H,6-7H2/t15-,16+/m0/s1. The summed E-state index contributed by atoms with van der Waals surface area (Å²) in [7, 11) is 0. The van der Waals surface area contributed by atoms with E-state index in [1.54, 1.807) is 0 Å². The number of rotatable bonds is 2. The highest BCUT2D eigenvalue weighted by atomic mass is 16.5. The Morgan fingerprint density at radius 3 is 2.39 bits per heavy atom. The molecule has 0 fully saturated rings. The van der Waals surface area contributed by atoms with Crippen LogP contribution in [0, 0.1) is 0 Å². The summed E-state index contributed by atoms with van der Waals surface area (Å²) in [6.07, 6.45) is -1.42. The molecule has 2 aromatic carbocycles. The van der Waals surface area contributed by atoms with Gasteiger partial charge < -0.3 is 35.4 Å². The number of phenols is 4. The van der Waals surface area contributed by atoms with E-state index < -0.39 is 17.5 Å². The SMILES string of the molecule is Oc1ccc(C[C@@]2(O)COc3c(ccc(O)c3O)[C@@H]2O)cc1O. The van der Waals surface area contributed by atoms with Gasteiger partial charge in [-0.15, -0.1) is 0 Å². The van der Waals surface area contributed by atoms with E-state index in [4.69, 9.17) is 4.74 Å². The van der Waals surface area contributed by atoms with E-state index in [2.05, 4.69) is 0 Å². The van der Waals surface area contributed by atoms with Crippen LogP contribution in [0.3, 0.4) is 0 Å². The molecule has 0 amide bonds. The van der Waals surface area contributed by atoms with Crippen molar-refractivity contribution in [1.82, 2.24) is 0 Å². The zero-order valence-corrected chi connectivity index (χ0v) is 12.0. The van der Waals surface area contributed by atoms with Crippen LogP contribution in [0.2, 0.25) is 0 Å². The summed E-state index contributed by atoms with van der Waals surface area (Å²) in [5, 5.41) is 59.2. The van der Waals surface area contributed by atoms with E-state index in [9.17, 15) is 30.6 Å². The molecule has 2 atom stereocenters. The van der Waals surface area contributed by atoms with Gasteiger partial charge in [0.05, 0.1) is 0 Å². The average molecular weight is 320 g/mol. The van der Waals surface area contributed by atoms with E-state index in [0.29, 0.717) is 5.56 Å². The normalized spacial score (nSPS) is 23.1. The highest BCUT2D eigenvalue weighted by Gasteiger charge is 2.44. The molecule has 1 aliphatic heterocycles. The number of hydrogen-bond donors (Lipinski definition) is 6. The Labute approximate surface area is 131 Å². The lowest BCUT2D eigenvalue weighted by atomic mass is 9.83. The van der Waals surface area contributed by atoms with Crippen molar-refractivity contribution < 1.29 is 35.4 Å². The number of aromatic hydroxyl groups is 4. The van der Waals surface area contributed by atoms with Gasteiger partial charge in [0.15, 0.2) is 23.0 Å². The number of aliphatic hydroxyl groups is 2. The molecule has 6 N–H and O–H groups in total. The average Bonchev–Trinajstić information content (AvgIpc) is 2.51. The number of phenolic OH excluding ortho intramolecular Hbond substituents is 4. The fourth-order valence-corrected chi connectivity index (χ4v) is 2.69. The van der Waals surface area contributed by atoms with Crippen LogP contribution >= 0.6 is 0 Å². The third kappa shape index (κ3) is 2.49. The van der Waals surface area contributed by atoms with Crippen molar-refractivity contribution >= 4 is 0 Å². The van der Waals surface area contributed by atoms with Crippen molar-refractivity contribution in [3.8, 4) is 28.7 Å². The Morgan fingerprint density at radius 1 is 1.00 bits per heavy atom. The van der Waals surface area contributed by atoms with Crippen LogP contribution in [0.4, 0.5) is 0 Å². The molecule has 0 aromatic heterocycles. The van der Waals surface area contributed by atoms with E-state index in [1.165, 1.54) is 30.3 Å². The summed E-state index contributed by atoms with van der Waals surface area (Å²) in [5.41, 5.74) is -1.06. The molecule has 2 aromatic rings. The van der Waals surface area contributed by atoms with E-state index >= 15 is 0 Å². The van der Waals surface area contributed by atoms with Crippen LogP contribution in [0.25, 0.3) is 0 Å². The zero-order chi connectivity index (χ0) is 16.8. The first-order chi connectivity index (χ1) is 10.8. The largest absolute Gasteiger partial charge is 0.504 e. The minimum atomic E-state index is -1.69. The van der Waals surface area contributed by atoms with Gasteiger partial charge >= 0.3 is 0 Å². The van der Waals surface area contributed by atoms with Gasteiger partial charge in [0.2, 0.25) is 5.75 Å². The first-order valence-electron chi connectivity index (χ1n) is 6.91. The predicted octanol–water partition coefficient (Wildman–Crippen LogP) is 0.909. The van der Waals surface area contributed by atoms with Crippen LogP contribution in [-0.4, -0.2) is 42.8 Å². The molecular weight excluding hydrogens is 304 g/mol. The minimum Gasteiger partial charge on any atom is -0.504 e. The van der Waals surface area contributed by atoms with Gasteiger partial charge in [0, 0.05) is 12.0 Å². The summed E-state index contributed by atoms with van der Waals surface area (Å²) in [4.78, 5) is 0. The van der Waals surface area contributed by atoms with Crippen LogP contribution in [-0.2, 0) is 6.42 Å². The first kappa shape index (κ1) is 15.3. The molecule has 0 spiro atoms. The zero-order valence-electron chi connectivity index (χ0n) is 12.0. The molecule has 0 saturated carbocycles. The number of benzene rings is 2. The predicted molar refractivity (Wildman–Crippen MR) is 78.7 cm³/mol. The van der Waals surface area contributed by atoms with E-state index in [1.807, 2.05) is 0 Å². The van der Waals surface area contributed by atoms with Crippen LogP contribution in [0.15, 0.2) is 30.3 Å². The monoisotopic (exact) mass is 320 g/mol. The topological polar surface area (TPSA) is 131 Å². The Morgan fingerprint density at radius 2 is 1.70 bits per heavy atom. The second-order valence-corrected chi connectivity index (χ2v) is 5.65. The smallest absolute Gasteiger partial charge is 0.200 e. The lowest BCUT2D eigenvalue weighted by Gasteiger charge is -2.38. The molecule has 0 unspecified atom stereocenters. The van der Waals surface area contributed by atoms with Crippen molar-refractivity contribution in [2.24, 2.45) is 0 Å². The first-order valence-corrected chi connectivity index (χ1v) is 6.91. The third-order valence-corrected chi connectivity index (χ3v) is 3.96. The summed E-state index contributed by atoms with van der Waals surface area (Å²) in [5.74, 6) is -1.57. The van der Waals surface area contributed by atoms with Gasteiger partial charge in [-0.05, 0) is 29.8 Å². The van der Waals surface area contributed by atoms with Gasteiger partial charge in [0.1, 0.15) is 18.3 Å². The Balaban J connectivity index is 1.93. The minimum absolute atomic E-state index is 0.0525. The molecule has 0 aliphatic carbocycles. The van der Waals surface area contributed by atoms with Gasteiger partial charge in [-0.2, -0.15) is 0 Å². The van der Waals surface area contributed by atoms with Crippen molar-refractivity contribution in [3.63, 3.8) is 0 Å². The van der Waals surface area contributed by atoms with Gasteiger partial charge in [-0.1, -0.05) is 6.07 Å². The van der Waals surface area contributed by atoms with Crippen LogP contribution in [0.5, 0.6) is 28.7 Å². The maximum Gasteiger partial charge on any atom is 0.200 e. The Hall–Kier alpha value is -2.64.